The molecule has 3 heteroatoms. The van der Waals surface area contributed by atoms with E-state index in [9.17, 15) is 0 Å². The minimum Gasteiger partial charge on any atom is -0.310 e. The highest BCUT2D eigenvalue weighted by Gasteiger charge is 2.37. The highest BCUT2D eigenvalue weighted by Crippen LogP contribution is 2.52. The van der Waals surface area contributed by atoms with Gasteiger partial charge in [0.25, 0.3) is 0 Å². The zero-order valence-electron chi connectivity index (χ0n) is 27.0. The van der Waals surface area contributed by atoms with E-state index in [2.05, 4.69) is 194 Å². The van der Waals surface area contributed by atoms with Gasteiger partial charge >= 0.3 is 0 Å². The van der Waals surface area contributed by atoms with Gasteiger partial charge in [0.05, 0.1) is 0 Å². The third-order valence-electron chi connectivity index (χ3n) is 9.82. The summed E-state index contributed by atoms with van der Waals surface area (Å²) in [6.45, 7) is 4.74. The highest BCUT2D eigenvalue weighted by molar-refractivity contribution is 7.25. The summed E-state index contributed by atoms with van der Waals surface area (Å²) in [5.74, 6) is 0. The lowest BCUT2D eigenvalue weighted by Crippen LogP contribution is -2.17. The average molecular weight is 635 g/mol. The van der Waals surface area contributed by atoms with Gasteiger partial charge in [-0.3, -0.25) is 0 Å². The number of para-hydroxylation sites is 3. The number of hydrogen-bond acceptors (Lipinski definition) is 3. The van der Waals surface area contributed by atoms with Crippen LogP contribution in [0.3, 0.4) is 0 Å². The summed E-state index contributed by atoms with van der Waals surface area (Å²) in [7, 11) is 0. The number of hydrogen-bond donors (Lipinski definition) is 0. The van der Waals surface area contributed by atoms with Gasteiger partial charge in [-0.1, -0.05) is 105 Å². The molecular formula is C45H34N2S. The first kappa shape index (κ1) is 28.6. The topological polar surface area (TPSA) is 6.48 Å². The Balaban J connectivity index is 1.16. The SMILES string of the molecule is CC1(C)c2cc(N(c3ccccc3)c3ccccc3)ccc2-c2ccc(N(c3ccccc3)c3ccc4c(c3)sc3ccccc34)cc21. The molecule has 7 aromatic carbocycles. The van der Waals surface area contributed by atoms with Crippen molar-refractivity contribution in [3.05, 3.63) is 181 Å². The van der Waals surface area contributed by atoms with Crippen molar-refractivity contribution in [2.45, 2.75) is 19.3 Å². The fourth-order valence-electron chi connectivity index (χ4n) is 7.47. The summed E-state index contributed by atoms with van der Waals surface area (Å²) in [6.07, 6.45) is 0. The molecule has 0 saturated heterocycles. The van der Waals surface area contributed by atoms with E-state index in [1.165, 1.54) is 42.4 Å². The fourth-order valence-corrected chi connectivity index (χ4v) is 8.61. The van der Waals surface area contributed by atoms with Crippen LogP contribution in [0.25, 0.3) is 31.3 Å². The molecule has 8 aromatic rings. The van der Waals surface area contributed by atoms with Gasteiger partial charge in [-0.25, -0.2) is 0 Å². The van der Waals surface area contributed by atoms with Crippen LogP contribution in [-0.4, -0.2) is 0 Å². The Labute approximate surface area is 285 Å². The highest BCUT2D eigenvalue weighted by atomic mass is 32.1. The Morgan fingerprint density at radius 1 is 0.375 bits per heavy atom. The molecule has 1 heterocycles. The summed E-state index contributed by atoms with van der Waals surface area (Å²) in [4.78, 5) is 4.76. The molecule has 0 spiro atoms. The first-order valence-corrected chi connectivity index (χ1v) is 17.3. The van der Waals surface area contributed by atoms with Crippen molar-refractivity contribution >= 4 is 65.6 Å². The minimum atomic E-state index is -0.187. The van der Waals surface area contributed by atoms with Gasteiger partial charge in [0.2, 0.25) is 0 Å². The maximum atomic E-state index is 2.42. The summed E-state index contributed by atoms with van der Waals surface area (Å²) in [5.41, 5.74) is 12.1. The summed E-state index contributed by atoms with van der Waals surface area (Å²) >= 11 is 1.86. The predicted octanol–water partition coefficient (Wildman–Crippen LogP) is 13.3. The summed E-state index contributed by atoms with van der Waals surface area (Å²) in [6, 6.07) is 61.7. The third-order valence-corrected chi connectivity index (χ3v) is 11.0. The second-order valence-electron chi connectivity index (χ2n) is 13.0. The molecule has 230 valence electrons. The number of fused-ring (bicyclic) bond motifs is 6. The van der Waals surface area contributed by atoms with E-state index in [1.807, 2.05) is 11.3 Å². The van der Waals surface area contributed by atoms with Crippen molar-refractivity contribution in [2.24, 2.45) is 0 Å². The Morgan fingerprint density at radius 2 is 0.792 bits per heavy atom. The fraction of sp³-hybridized carbons (Fsp3) is 0.0667. The van der Waals surface area contributed by atoms with Gasteiger partial charge in [-0.15, -0.1) is 11.3 Å². The molecule has 0 amide bonds. The lowest BCUT2D eigenvalue weighted by molar-refractivity contribution is 0.660. The van der Waals surface area contributed by atoms with E-state index >= 15 is 0 Å². The molecule has 0 fully saturated rings. The van der Waals surface area contributed by atoms with Crippen molar-refractivity contribution in [1.82, 2.24) is 0 Å². The summed E-state index contributed by atoms with van der Waals surface area (Å²) < 4.78 is 2.63. The third kappa shape index (κ3) is 4.62. The van der Waals surface area contributed by atoms with E-state index in [0.29, 0.717) is 0 Å². The number of nitrogens with zero attached hydrogens (tertiary/aromatic N) is 2. The van der Waals surface area contributed by atoms with Crippen molar-refractivity contribution in [3.63, 3.8) is 0 Å². The van der Waals surface area contributed by atoms with Gasteiger partial charge in [-0.2, -0.15) is 0 Å². The molecule has 2 nitrogen and oxygen atoms in total. The molecule has 1 aliphatic rings. The molecule has 0 saturated carbocycles. The first-order valence-electron chi connectivity index (χ1n) is 16.5. The van der Waals surface area contributed by atoms with E-state index in [0.717, 1.165) is 34.1 Å². The number of anilines is 6. The van der Waals surface area contributed by atoms with Crippen LogP contribution in [0.1, 0.15) is 25.0 Å². The quantitative estimate of drug-likeness (QED) is 0.180. The lowest BCUT2D eigenvalue weighted by atomic mass is 9.82. The average Bonchev–Trinajstić information content (AvgIpc) is 3.61. The lowest BCUT2D eigenvalue weighted by Gasteiger charge is -2.29. The molecule has 0 bridgehead atoms. The van der Waals surface area contributed by atoms with E-state index in [1.54, 1.807) is 0 Å². The second-order valence-corrected chi connectivity index (χ2v) is 14.1. The van der Waals surface area contributed by atoms with Gasteiger partial charge in [0, 0.05) is 59.7 Å². The van der Waals surface area contributed by atoms with Crippen LogP contribution >= 0.6 is 11.3 Å². The van der Waals surface area contributed by atoms with Gasteiger partial charge in [0.15, 0.2) is 0 Å². The second kappa shape index (κ2) is 11.3. The Morgan fingerprint density at radius 3 is 1.33 bits per heavy atom. The number of thiophene rings is 1. The van der Waals surface area contributed by atoms with Gasteiger partial charge < -0.3 is 9.80 Å². The van der Waals surface area contributed by atoms with E-state index < -0.39 is 0 Å². The monoisotopic (exact) mass is 634 g/mol. The van der Waals surface area contributed by atoms with E-state index in [4.69, 9.17) is 0 Å². The molecule has 1 aliphatic carbocycles. The minimum absolute atomic E-state index is 0.187. The Bertz CT molecular complexity index is 2390. The summed E-state index contributed by atoms with van der Waals surface area (Å²) in [5, 5.41) is 2.64. The molecule has 0 N–H and O–H groups in total. The van der Waals surface area contributed by atoms with Crippen molar-refractivity contribution in [2.75, 3.05) is 9.80 Å². The van der Waals surface area contributed by atoms with Crippen molar-refractivity contribution in [1.29, 1.82) is 0 Å². The Kier molecular flexibility index (Phi) is 6.70. The van der Waals surface area contributed by atoms with Crippen LogP contribution in [0.2, 0.25) is 0 Å². The maximum absolute atomic E-state index is 2.42. The normalized spacial score (nSPS) is 13.0. The molecule has 0 atom stereocenters. The molecule has 48 heavy (non-hydrogen) atoms. The Hall–Kier alpha value is -5.64. The smallest absolute Gasteiger partial charge is 0.0476 e. The standard InChI is InChI=1S/C45H34N2S/c1-45(2)41-28-34(46(31-14-6-3-7-15-31)32-16-8-4-9-17-32)22-25-37(41)38-26-23-35(29-42(38)45)47(33-18-10-5-11-19-33)36-24-27-40-39-20-12-13-21-43(39)48-44(40)30-36/h3-30H,1-2H3. The van der Waals surface area contributed by atoms with Crippen LogP contribution < -0.4 is 9.80 Å². The molecule has 0 aliphatic heterocycles. The van der Waals surface area contributed by atoms with Gasteiger partial charge in [0.1, 0.15) is 0 Å². The molecule has 0 radical (unpaired) electrons. The van der Waals surface area contributed by atoms with Crippen molar-refractivity contribution < 1.29 is 0 Å². The maximum Gasteiger partial charge on any atom is 0.0476 e. The molecule has 1 aromatic heterocycles. The zero-order valence-corrected chi connectivity index (χ0v) is 27.8. The van der Waals surface area contributed by atoms with E-state index in [-0.39, 0.29) is 5.41 Å². The van der Waals surface area contributed by atoms with Crippen LogP contribution in [-0.2, 0) is 5.41 Å². The zero-order chi connectivity index (χ0) is 32.2. The van der Waals surface area contributed by atoms with Crippen molar-refractivity contribution in [3.8, 4) is 11.1 Å². The van der Waals surface area contributed by atoms with Crippen LogP contribution in [0.4, 0.5) is 34.1 Å². The first-order chi connectivity index (χ1) is 23.6. The van der Waals surface area contributed by atoms with Crippen LogP contribution in [0.15, 0.2) is 170 Å². The largest absolute Gasteiger partial charge is 0.310 e. The number of rotatable bonds is 6. The van der Waals surface area contributed by atoms with Crippen LogP contribution in [0, 0.1) is 0 Å². The number of benzene rings is 7. The van der Waals surface area contributed by atoms with Gasteiger partial charge in [-0.05, 0) is 101 Å². The molecule has 9 rings (SSSR count). The van der Waals surface area contributed by atoms with Crippen LogP contribution in [0.5, 0.6) is 0 Å². The molecular weight excluding hydrogens is 601 g/mol. The predicted molar refractivity (Wildman–Crippen MR) is 206 cm³/mol. The molecule has 0 unspecified atom stereocenters.